The number of hydrogen-bond donors (Lipinski definition) is 0. The molecule has 0 saturated carbocycles. The highest BCUT2D eigenvalue weighted by molar-refractivity contribution is 7.12. The van der Waals surface area contributed by atoms with Crippen LogP contribution in [-0.2, 0) is 11.3 Å². The summed E-state index contributed by atoms with van der Waals surface area (Å²) in [6.45, 7) is 6.80. The van der Waals surface area contributed by atoms with Crippen LogP contribution in [0, 0.1) is 6.92 Å². The Balaban J connectivity index is 1.43. The van der Waals surface area contributed by atoms with Gasteiger partial charge in [0, 0.05) is 56.6 Å². The second-order valence-corrected chi connectivity index (χ2v) is 10.4. The van der Waals surface area contributed by atoms with Gasteiger partial charge in [-0.3, -0.25) is 9.59 Å². The highest BCUT2D eigenvalue weighted by Crippen LogP contribution is 2.29. The van der Waals surface area contributed by atoms with E-state index in [1.807, 2.05) is 27.3 Å². The Morgan fingerprint density at radius 2 is 1.97 bits per heavy atom. The highest BCUT2D eigenvalue weighted by Gasteiger charge is 2.24. The Bertz CT molecular complexity index is 1170. The van der Waals surface area contributed by atoms with Gasteiger partial charge in [-0.2, -0.15) is 0 Å². The molecule has 2 amide bonds. The van der Waals surface area contributed by atoms with Gasteiger partial charge in [-0.1, -0.05) is 17.7 Å². The predicted octanol–water partition coefficient (Wildman–Crippen LogP) is 4.86. The van der Waals surface area contributed by atoms with Gasteiger partial charge in [-0.15, -0.1) is 11.3 Å². The van der Waals surface area contributed by atoms with Crippen LogP contribution in [0.3, 0.4) is 0 Å². The molecule has 34 heavy (non-hydrogen) atoms. The summed E-state index contributed by atoms with van der Waals surface area (Å²) in [7, 11) is 0. The van der Waals surface area contributed by atoms with Crippen LogP contribution < -0.4 is 4.90 Å². The van der Waals surface area contributed by atoms with E-state index in [-0.39, 0.29) is 11.8 Å². The third-order valence-corrected chi connectivity index (χ3v) is 7.70. The number of thiophene rings is 1. The smallest absolute Gasteiger partial charge is 0.264 e. The summed E-state index contributed by atoms with van der Waals surface area (Å²) >= 11 is 1.48. The lowest BCUT2D eigenvalue weighted by molar-refractivity contribution is -0.127. The van der Waals surface area contributed by atoms with Crippen LogP contribution in [0.2, 0.25) is 0 Å². The molecule has 0 N–H and O–H groups in total. The molecule has 0 bridgehead atoms. The van der Waals surface area contributed by atoms with Crippen molar-refractivity contribution in [2.75, 3.05) is 37.6 Å². The first kappa shape index (κ1) is 22.8. The Kier molecular flexibility index (Phi) is 6.81. The first-order valence-electron chi connectivity index (χ1n) is 12.3. The number of amides is 2. The van der Waals surface area contributed by atoms with Gasteiger partial charge in [-0.05, 0) is 62.3 Å². The lowest BCUT2D eigenvalue weighted by Crippen LogP contribution is -2.35. The summed E-state index contributed by atoms with van der Waals surface area (Å²) in [6, 6.07) is 12.4. The summed E-state index contributed by atoms with van der Waals surface area (Å²) in [5, 5.41) is 3.06. The number of carbonyl (C=O) groups excluding carboxylic acids is 2. The van der Waals surface area contributed by atoms with E-state index in [0.29, 0.717) is 26.1 Å². The summed E-state index contributed by atoms with van der Waals surface area (Å²) in [5.41, 5.74) is 3.30. The van der Waals surface area contributed by atoms with Crippen LogP contribution in [0.1, 0.15) is 52.9 Å². The quantitative estimate of drug-likeness (QED) is 0.466. The van der Waals surface area contributed by atoms with Gasteiger partial charge in [0.15, 0.2) is 0 Å². The number of aryl methyl sites for hydroxylation is 1. The van der Waals surface area contributed by atoms with Crippen LogP contribution in [0.4, 0.5) is 5.82 Å². The van der Waals surface area contributed by atoms with Gasteiger partial charge in [0.2, 0.25) is 5.91 Å². The zero-order valence-corrected chi connectivity index (χ0v) is 20.6. The maximum absolute atomic E-state index is 13.5. The van der Waals surface area contributed by atoms with Crippen molar-refractivity contribution in [3.8, 4) is 0 Å². The van der Waals surface area contributed by atoms with Gasteiger partial charge >= 0.3 is 0 Å². The minimum Gasteiger partial charge on any atom is -0.356 e. The lowest BCUT2D eigenvalue weighted by atomic mass is 10.1. The first-order valence-corrected chi connectivity index (χ1v) is 13.2. The summed E-state index contributed by atoms with van der Waals surface area (Å²) in [4.78, 5) is 37.6. The van der Waals surface area contributed by atoms with Crippen LogP contribution in [0.25, 0.3) is 10.9 Å². The van der Waals surface area contributed by atoms with Crippen molar-refractivity contribution in [2.24, 2.45) is 0 Å². The van der Waals surface area contributed by atoms with Crippen molar-refractivity contribution < 1.29 is 9.59 Å². The van der Waals surface area contributed by atoms with Crippen molar-refractivity contribution >= 4 is 39.9 Å². The minimum atomic E-state index is 0.0551. The zero-order chi connectivity index (χ0) is 23.5. The molecule has 2 aromatic heterocycles. The molecule has 7 heteroatoms. The summed E-state index contributed by atoms with van der Waals surface area (Å²) < 4.78 is 0. The van der Waals surface area contributed by atoms with Crippen molar-refractivity contribution in [1.29, 1.82) is 0 Å². The average molecular weight is 477 g/mol. The number of nitrogens with zero attached hydrogens (tertiary/aromatic N) is 4. The zero-order valence-electron chi connectivity index (χ0n) is 19.8. The molecule has 178 valence electrons. The average Bonchev–Trinajstić information content (AvgIpc) is 3.61. The van der Waals surface area contributed by atoms with E-state index >= 15 is 0 Å². The molecule has 3 aromatic rings. The maximum atomic E-state index is 13.5. The molecular weight excluding hydrogens is 444 g/mol. The number of likely N-dealkylation sites (tertiary alicyclic amines) is 1. The van der Waals surface area contributed by atoms with E-state index in [9.17, 15) is 9.59 Å². The van der Waals surface area contributed by atoms with E-state index in [4.69, 9.17) is 4.98 Å². The Labute approximate surface area is 205 Å². The first-order chi connectivity index (χ1) is 16.6. The third kappa shape index (κ3) is 4.94. The molecule has 0 aliphatic carbocycles. The largest absolute Gasteiger partial charge is 0.356 e. The molecule has 5 rings (SSSR count). The molecule has 2 aliphatic heterocycles. The molecule has 4 heterocycles. The molecule has 2 fully saturated rings. The van der Waals surface area contributed by atoms with E-state index in [1.54, 1.807) is 0 Å². The number of anilines is 1. The second-order valence-electron chi connectivity index (χ2n) is 9.40. The number of aromatic nitrogens is 1. The molecule has 2 saturated heterocycles. The number of rotatable bonds is 8. The number of carbonyl (C=O) groups is 2. The van der Waals surface area contributed by atoms with Gasteiger partial charge < -0.3 is 14.7 Å². The van der Waals surface area contributed by atoms with Crippen molar-refractivity contribution in [3.05, 3.63) is 57.8 Å². The third-order valence-electron chi connectivity index (χ3n) is 6.84. The van der Waals surface area contributed by atoms with Crippen molar-refractivity contribution in [1.82, 2.24) is 14.8 Å². The lowest BCUT2D eigenvalue weighted by Gasteiger charge is -2.27. The Hall–Kier alpha value is -2.93. The summed E-state index contributed by atoms with van der Waals surface area (Å²) in [5.74, 6) is 1.30. The van der Waals surface area contributed by atoms with E-state index in [0.717, 1.165) is 59.6 Å². The normalized spacial score (nSPS) is 16.1. The molecule has 0 atom stereocenters. The van der Waals surface area contributed by atoms with Crippen LogP contribution in [0.15, 0.2) is 41.8 Å². The minimum absolute atomic E-state index is 0.0551. The maximum Gasteiger partial charge on any atom is 0.264 e. The van der Waals surface area contributed by atoms with E-state index in [2.05, 4.69) is 36.1 Å². The van der Waals surface area contributed by atoms with Crippen LogP contribution in [0.5, 0.6) is 0 Å². The fourth-order valence-corrected chi connectivity index (χ4v) is 5.75. The molecule has 2 aliphatic rings. The molecular formula is C27H32N4O2S. The Morgan fingerprint density at radius 1 is 1.12 bits per heavy atom. The standard InChI is InChI=1S/C27H32N4O2S/c1-20-9-10-23-21(17-20)18-22(26(28-23)30-11-2-3-12-30)19-31(27(33)24-7-5-16-34-24)15-6-14-29-13-4-8-25(29)32/h5,7,9-10,16-18H,2-4,6,8,11-15,19H2,1H3. The number of benzene rings is 1. The van der Waals surface area contributed by atoms with Crippen molar-refractivity contribution in [3.63, 3.8) is 0 Å². The van der Waals surface area contributed by atoms with Gasteiger partial charge in [0.05, 0.1) is 10.4 Å². The van der Waals surface area contributed by atoms with Gasteiger partial charge in [0.25, 0.3) is 5.91 Å². The number of fused-ring (bicyclic) bond motifs is 1. The van der Waals surface area contributed by atoms with E-state index < -0.39 is 0 Å². The molecule has 0 radical (unpaired) electrons. The number of pyridine rings is 1. The summed E-state index contributed by atoms with van der Waals surface area (Å²) in [6.07, 6.45) is 4.72. The molecule has 1 aromatic carbocycles. The highest BCUT2D eigenvalue weighted by atomic mass is 32.1. The molecule has 0 spiro atoms. The van der Waals surface area contributed by atoms with Crippen LogP contribution >= 0.6 is 11.3 Å². The SMILES string of the molecule is Cc1ccc2nc(N3CCCC3)c(CN(CCCN3CCCC3=O)C(=O)c3cccs3)cc2c1. The second kappa shape index (κ2) is 10.1. The Morgan fingerprint density at radius 3 is 2.71 bits per heavy atom. The van der Waals surface area contributed by atoms with Gasteiger partial charge in [-0.25, -0.2) is 4.98 Å². The molecule has 6 nitrogen and oxygen atoms in total. The van der Waals surface area contributed by atoms with Gasteiger partial charge in [0.1, 0.15) is 5.82 Å². The van der Waals surface area contributed by atoms with Crippen molar-refractivity contribution in [2.45, 2.75) is 45.6 Å². The van der Waals surface area contributed by atoms with E-state index in [1.165, 1.54) is 29.7 Å². The fraction of sp³-hybridized carbons (Fsp3) is 0.444. The van der Waals surface area contributed by atoms with Crippen LogP contribution in [-0.4, -0.2) is 59.3 Å². The topological polar surface area (TPSA) is 56.8 Å². The number of hydrogen-bond acceptors (Lipinski definition) is 5. The predicted molar refractivity (Wildman–Crippen MR) is 137 cm³/mol. The monoisotopic (exact) mass is 476 g/mol. The molecule has 0 unspecified atom stereocenters. The fourth-order valence-electron chi connectivity index (χ4n) is 5.06.